The quantitative estimate of drug-likeness (QED) is 0.938. The van der Waals surface area contributed by atoms with Crippen molar-refractivity contribution in [2.45, 2.75) is 53.5 Å². The molecule has 0 aliphatic rings. The first-order valence-corrected chi connectivity index (χ1v) is 7.39. The first-order valence-electron chi connectivity index (χ1n) is 7.39. The molecular weight excluding hydrogens is 262 g/mol. The molecule has 0 amide bonds. The highest BCUT2D eigenvalue weighted by Gasteiger charge is 2.23. The second kappa shape index (κ2) is 5.98. The summed E-state index contributed by atoms with van der Waals surface area (Å²) in [7, 11) is 0. The number of nitrogens with zero attached hydrogens (tertiary/aromatic N) is 2. The topological polar surface area (TPSA) is 64.9 Å². The van der Waals surface area contributed by atoms with Gasteiger partial charge in [0, 0.05) is 18.9 Å². The summed E-state index contributed by atoms with van der Waals surface area (Å²) in [6, 6.07) is 6.42. The van der Waals surface area contributed by atoms with Crippen molar-refractivity contribution >= 4 is 0 Å². The third kappa shape index (κ3) is 4.14. The van der Waals surface area contributed by atoms with E-state index in [-0.39, 0.29) is 11.5 Å². The van der Waals surface area contributed by atoms with Crippen molar-refractivity contribution < 1.29 is 4.52 Å². The number of aromatic nitrogens is 2. The van der Waals surface area contributed by atoms with Crippen LogP contribution in [-0.2, 0) is 12.8 Å². The van der Waals surface area contributed by atoms with Gasteiger partial charge in [-0.1, -0.05) is 44.1 Å². The lowest BCUT2D eigenvalue weighted by molar-refractivity contribution is 0.285. The Balaban J connectivity index is 2.04. The van der Waals surface area contributed by atoms with Crippen LogP contribution in [0, 0.1) is 19.3 Å². The monoisotopic (exact) mass is 287 g/mol. The van der Waals surface area contributed by atoms with Crippen molar-refractivity contribution in [3.63, 3.8) is 0 Å². The van der Waals surface area contributed by atoms with E-state index in [9.17, 15) is 0 Å². The van der Waals surface area contributed by atoms with E-state index in [0.29, 0.717) is 18.7 Å². The van der Waals surface area contributed by atoms with Crippen LogP contribution in [0.5, 0.6) is 0 Å². The van der Waals surface area contributed by atoms with Crippen LogP contribution in [0.4, 0.5) is 0 Å². The highest BCUT2D eigenvalue weighted by atomic mass is 16.5. The molecule has 1 atom stereocenters. The molecule has 0 aliphatic carbocycles. The second-order valence-electron chi connectivity index (χ2n) is 6.88. The lowest BCUT2D eigenvalue weighted by Crippen LogP contribution is -2.37. The Bertz CT molecular complexity index is 611. The van der Waals surface area contributed by atoms with Gasteiger partial charge in [-0.3, -0.25) is 0 Å². The second-order valence-corrected chi connectivity index (χ2v) is 6.88. The molecule has 2 N–H and O–H groups in total. The minimum Gasteiger partial charge on any atom is -0.339 e. The van der Waals surface area contributed by atoms with Crippen LogP contribution in [0.15, 0.2) is 22.7 Å². The Morgan fingerprint density at radius 1 is 1.19 bits per heavy atom. The van der Waals surface area contributed by atoms with Crippen LogP contribution >= 0.6 is 0 Å². The van der Waals surface area contributed by atoms with Crippen LogP contribution in [0.2, 0.25) is 0 Å². The average molecular weight is 287 g/mol. The Morgan fingerprint density at radius 3 is 2.52 bits per heavy atom. The minimum absolute atomic E-state index is 0.00687. The zero-order valence-electron chi connectivity index (χ0n) is 13.6. The lowest BCUT2D eigenvalue weighted by Gasteiger charge is -2.25. The fraction of sp³-hybridized carbons (Fsp3) is 0.529. The average Bonchev–Trinajstić information content (AvgIpc) is 2.80. The molecule has 0 spiro atoms. The highest BCUT2D eigenvalue weighted by molar-refractivity contribution is 5.31. The van der Waals surface area contributed by atoms with Gasteiger partial charge >= 0.3 is 0 Å². The van der Waals surface area contributed by atoms with E-state index in [1.54, 1.807) is 0 Å². The van der Waals surface area contributed by atoms with E-state index in [0.717, 1.165) is 5.82 Å². The summed E-state index contributed by atoms with van der Waals surface area (Å²) in [6.45, 7) is 10.6. The summed E-state index contributed by atoms with van der Waals surface area (Å²) in [5.41, 5.74) is 9.96. The third-order valence-electron chi connectivity index (χ3n) is 3.95. The fourth-order valence-corrected chi connectivity index (χ4v) is 2.04. The highest BCUT2D eigenvalue weighted by Crippen LogP contribution is 2.20. The van der Waals surface area contributed by atoms with Gasteiger partial charge in [-0.2, -0.15) is 4.98 Å². The summed E-state index contributed by atoms with van der Waals surface area (Å²) in [6.07, 6.45) is 1.30. The van der Waals surface area contributed by atoms with Crippen molar-refractivity contribution in [1.82, 2.24) is 10.1 Å². The number of hydrogen-bond acceptors (Lipinski definition) is 4. The minimum atomic E-state index is 0.00687. The normalized spacial score (nSPS) is 13.4. The van der Waals surface area contributed by atoms with Gasteiger partial charge in [0.05, 0.1) is 0 Å². The molecular formula is C17H25N3O. The van der Waals surface area contributed by atoms with E-state index >= 15 is 0 Å². The Hall–Kier alpha value is -1.68. The molecule has 0 bridgehead atoms. The number of nitrogens with two attached hydrogens (primary N) is 1. The number of benzene rings is 1. The summed E-state index contributed by atoms with van der Waals surface area (Å²) >= 11 is 0. The van der Waals surface area contributed by atoms with Crippen molar-refractivity contribution in [3.05, 3.63) is 46.6 Å². The smallest absolute Gasteiger partial charge is 0.228 e. The predicted octanol–water partition coefficient (Wildman–Crippen LogP) is 3.19. The number of rotatable bonds is 4. The summed E-state index contributed by atoms with van der Waals surface area (Å²) in [5, 5.41) is 4.06. The molecule has 4 nitrogen and oxygen atoms in total. The maximum Gasteiger partial charge on any atom is 0.228 e. The summed E-state index contributed by atoms with van der Waals surface area (Å²) in [5.74, 6) is 1.34. The lowest BCUT2D eigenvalue weighted by atomic mass is 9.85. The third-order valence-corrected chi connectivity index (χ3v) is 3.95. The molecule has 0 fully saturated rings. The standard InChI is InChI=1S/C17H25N3O/c1-11-6-7-13(8-12(11)2)9-15-19-16(21-20-15)10-14(18)17(3,4)5/h6-8,14H,9-10,18H2,1-5H3. The molecule has 21 heavy (non-hydrogen) atoms. The number of aryl methyl sites for hydroxylation is 2. The largest absolute Gasteiger partial charge is 0.339 e. The Labute approximate surface area is 126 Å². The Morgan fingerprint density at radius 2 is 1.90 bits per heavy atom. The molecule has 0 radical (unpaired) electrons. The predicted molar refractivity (Wildman–Crippen MR) is 84.2 cm³/mol. The molecule has 0 saturated heterocycles. The van der Waals surface area contributed by atoms with Crippen LogP contribution in [-0.4, -0.2) is 16.2 Å². The molecule has 1 unspecified atom stereocenters. The van der Waals surface area contributed by atoms with Gasteiger partial charge in [-0.15, -0.1) is 0 Å². The zero-order chi connectivity index (χ0) is 15.6. The van der Waals surface area contributed by atoms with Gasteiger partial charge < -0.3 is 10.3 Å². The summed E-state index contributed by atoms with van der Waals surface area (Å²) in [4.78, 5) is 4.45. The van der Waals surface area contributed by atoms with Gasteiger partial charge in [0.15, 0.2) is 5.82 Å². The molecule has 0 saturated carbocycles. The van der Waals surface area contributed by atoms with Crippen LogP contribution < -0.4 is 5.73 Å². The van der Waals surface area contributed by atoms with E-state index in [1.807, 2.05) is 0 Å². The van der Waals surface area contributed by atoms with E-state index < -0.39 is 0 Å². The number of hydrogen-bond donors (Lipinski definition) is 1. The molecule has 1 aromatic heterocycles. The van der Waals surface area contributed by atoms with Crippen LogP contribution in [0.3, 0.4) is 0 Å². The first-order chi connectivity index (χ1) is 9.75. The first kappa shape index (κ1) is 15.7. The summed E-state index contributed by atoms with van der Waals surface area (Å²) < 4.78 is 5.32. The fourth-order valence-electron chi connectivity index (χ4n) is 2.04. The maximum atomic E-state index is 6.15. The molecule has 114 valence electrons. The SMILES string of the molecule is Cc1ccc(Cc2noc(CC(N)C(C)(C)C)n2)cc1C. The van der Waals surface area contributed by atoms with E-state index in [2.05, 4.69) is 63.0 Å². The van der Waals surface area contributed by atoms with Gasteiger partial charge in [-0.05, 0) is 36.0 Å². The van der Waals surface area contributed by atoms with E-state index in [1.165, 1.54) is 16.7 Å². The molecule has 2 aromatic rings. The molecule has 4 heteroatoms. The van der Waals surface area contributed by atoms with Gasteiger partial charge in [0.25, 0.3) is 0 Å². The maximum absolute atomic E-state index is 6.15. The van der Waals surface area contributed by atoms with Crippen molar-refractivity contribution in [2.75, 3.05) is 0 Å². The molecule has 1 aromatic carbocycles. The van der Waals surface area contributed by atoms with Crippen LogP contribution in [0.25, 0.3) is 0 Å². The van der Waals surface area contributed by atoms with Crippen LogP contribution in [0.1, 0.15) is 49.2 Å². The Kier molecular flexibility index (Phi) is 4.47. The molecule has 1 heterocycles. The van der Waals surface area contributed by atoms with Crippen molar-refractivity contribution in [1.29, 1.82) is 0 Å². The van der Waals surface area contributed by atoms with Gasteiger partial charge in [0.2, 0.25) is 5.89 Å². The zero-order valence-corrected chi connectivity index (χ0v) is 13.6. The van der Waals surface area contributed by atoms with Crippen molar-refractivity contribution in [3.8, 4) is 0 Å². The van der Waals surface area contributed by atoms with Gasteiger partial charge in [0.1, 0.15) is 0 Å². The van der Waals surface area contributed by atoms with E-state index in [4.69, 9.17) is 10.3 Å². The molecule has 0 aliphatic heterocycles. The van der Waals surface area contributed by atoms with Gasteiger partial charge in [-0.25, -0.2) is 0 Å². The molecule has 2 rings (SSSR count). The van der Waals surface area contributed by atoms with Crippen molar-refractivity contribution in [2.24, 2.45) is 11.1 Å².